The molecule has 0 aliphatic carbocycles. The van der Waals surface area contributed by atoms with Crippen molar-refractivity contribution in [2.75, 3.05) is 20.1 Å². The molecule has 5 heteroatoms. The Balaban J connectivity index is 3.86. The van der Waals surface area contributed by atoms with E-state index in [2.05, 4.69) is 19.2 Å². The number of carbonyl (C=O) groups is 2. The Labute approximate surface area is 110 Å². The van der Waals surface area contributed by atoms with Crippen molar-refractivity contribution in [2.24, 2.45) is 11.7 Å². The maximum atomic E-state index is 11.7. The molecule has 5 nitrogen and oxygen atoms in total. The number of rotatable bonds is 8. The fourth-order valence-electron chi connectivity index (χ4n) is 1.43. The van der Waals surface area contributed by atoms with Gasteiger partial charge in [0.1, 0.15) is 0 Å². The zero-order valence-corrected chi connectivity index (χ0v) is 12.0. The van der Waals surface area contributed by atoms with Crippen molar-refractivity contribution in [1.29, 1.82) is 0 Å². The molecule has 2 amide bonds. The van der Waals surface area contributed by atoms with Gasteiger partial charge in [0.25, 0.3) is 0 Å². The van der Waals surface area contributed by atoms with Crippen LogP contribution >= 0.6 is 0 Å². The van der Waals surface area contributed by atoms with Gasteiger partial charge in [0.05, 0.1) is 6.54 Å². The van der Waals surface area contributed by atoms with Crippen molar-refractivity contribution in [3.8, 4) is 0 Å². The van der Waals surface area contributed by atoms with Crippen LogP contribution < -0.4 is 11.1 Å². The molecule has 1 atom stereocenters. The highest BCUT2D eigenvalue weighted by atomic mass is 16.2. The van der Waals surface area contributed by atoms with E-state index >= 15 is 0 Å². The summed E-state index contributed by atoms with van der Waals surface area (Å²) in [6, 6.07) is 0.106. The summed E-state index contributed by atoms with van der Waals surface area (Å²) < 4.78 is 0. The van der Waals surface area contributed by atoms with Crippen LogP contribution in [0, 0.1) is 5.92 Å². The summed E-state index contributed by atoms with van der Waals surface area (Å²) in [7, 11) is 1.74. The molecule has 0 aromatic carbocycles. The predicted octanol–water partition coefficient (Wildman–Crippen LogP) is 0.735. The SMILES string of the molecule is CCCC(=O)NCC(=O)N(C)CCC(N)C(C)C. The fourth-order valence-corrected chi connectivity index (χ4v) is 1.43. The summed E-state index contributed by atoms with van der Waals surface area (Å²) in [6.07, 6.45) is 2.04. The average molecular weight is 257 g/mol. The molecule has 0 radical (unpaired) electrons. The maximum Gasteiger partial charge on any atom is 0.241 e. The van der Waals surface area contributed by atoms with Crippen molar-refractivity contribution in [2.45, 2.75) is 46.1 Å². The third-order valence-corrected chi connectivity index (χ3v) is 2.99. The van der Waals surface area contributed by atoms with Crippen molar-refractivity contribution in [3.63, 3.8) is 0 Å². The number of likely N-dealkylation sites (N-methyl/N-ethyl adjacent to an activating group) is 1. The second-order valence-corrected chi connectivity index (χ2v) is 5.04. The smallest absolute Gasteiger partial charge is 0.241 e. The van der Waals surface area contributed by atoms with E-state index in [0.29, 0.717) is 18.9 Å². The summed E-state index contributed by atoms with van der Waals surface area (Å²) in [5.41, 5.74) is 5.92. The minimum absolute atomic E-state index is 0.0712. The Kier molecular flexibility index (Phi) is 8.37. The minimum atomic E-state index is -0.0737. The van der Waals surface area contributed by atoms with Gasteiger partial charge in [0, 0.05) is 26.1 Å². The summed E-state index contributed by atoms with van der Waals surface area (Å²) in [6.45, 7) is 6.77. The average Bonchev–Trinajstić information content (AvgIpc) is 2.32. The maximum absolute atomic E-state index is 11.7. The molecule has 3 N–H and O–H groups in total. The lowest BCUT2D eigenvalue weighted by Crippen LogP contribution is -2.40. The Morgan fingerprint density at radius 1 is 1.33 bits per heavy atom. The monoisotopic (exact) mass is 257 g/mol. The molecule has 0 saturated carbocycles. The van der Waals surface area contributed by atoms with E-state index in [0.717, 1.165) is 12.8 Å². The van der Waals surface area contributed by atoms with Gasteiger partial charge in [0.2, 0.25) is 11.8 Å². The van der Waals surface area contributed by atoms with Crippen molar-refractivity contribution < 1.29 is 9.59 Å². The van der Waals surface area contributed by atoms with Crippen LogP contribution in [0.25, 0.3) is 0 Å². The molecule has 0 spiro atoms. The lowest BCUT2D eigenvalue weighted by molar-refractivity contribution is -0.131. The van der Waals surface area contributed by atoms with Crippen LogP contribution in [0.15, 0.2) is 0 Å². The number of hydrogen-bond acceptors (Lipinski definition) is 3. The number of hydrogen-bond donors (Lipinski definition) is 2. The van der Waals surface area contributed by atoms with Gasteiger partial charge in [-0.15, -0.1) is 0 Å². The molecular weight excluding hydrogens is 230 g/mol. The van der Waals surface area contributed by atoms with Crippen molar-refractivity contribution >= 4 is 11.8 Å². The molecule has 0 aliphatic heterocycles. The van der Waals surface area contributed by atoms with Crippen LogP contribution in [0.5, 0.6) is 0 Å². The number of nitrogens with two attached hydrogens (primary N) is 1. The largest absolute Gasteiger partial charge is 0.347 e. The van der Waals surface area contributed by atoms with Crippen LogP contribution in [-0.2, 0) is 9.59 Å². The quantitative estimate of drug-likeness (QED) is 0.673. The highest BCUT2D eigenvalue weighted by Crippen LogP contribution is 2.03. The Hall–Kier alpha value is -1.10. The third-order valence-electron chi connectivity index (χ3n) is 2.99. The first-order chi connectivity index (χ1) is 8.38. The zero-order valence-electron chi connectivity index (χ0n) is 12.0. The number of nitrogens with zero attached hydrogens (tertiary/aromatic N) is 1. The van der Waals surface area contributed by atoms with Gasteiger partial charge >= 0.3 is 0 Å². The summed E-state index contributed by atoms with van der Waals surface area (Å²) in [4.78, 5) is 24.5. The number of carbonyl (C=O) groups excluding carboxylic acids is 2. The summed E-state index contributed by atoms with van der Waals surface area (Å²) >= 11 is 0. The molecule has 0 aromatic heterocycles. The molecule has 18 heavy (non-hydrogen) atoms. The second kappa shape index (κ2) is 8.91. The van der Waals surface area contributed by atoms with Gasteiger partial charge < -0.3 is 16.0 Å². The summed E-state index contributed by atoms with van der Waals surface area (Å²) in [5.74, 6) is 0.270. The van der Waals surface area contributed by atoms with Crippen molar-refractivity contribution in [1.82, 2.24) is 10.2 Å². The predicted molar refractivity (Wildman–Crippen MR) is 73.0 cm³/mol. The minimum Gasteiger partial charge on any atom is -0.347 e. The van der Waals surface area contributed by atoms with Gasteiger partial charge in [-0.05, 0) is 18.8 Å². The van der Waals surface area contributed by atoms with Gasteiger partial charge in [-0.3, -0.25) is 9.59 Å². The van der Waals surface area contributed by atoms with Crippen LogP contribution in [0.1, 0.15) is 40.0 Å². The normalized spacial score (nSPS) is 12.3. The lowest BCUT2D eigenvalue weighted by Gasteiger charge is -2.21. The Morgan fingerprint density at radius 2 is 1.94 bits per heavy atom. The highest BCUT2D eigenvalue weighted by molar-refractivity contribution is 5.84. The van der Waals surface area contributed by atoms with Gasteiger partial charge in [-0.2, -0.15) is 0 Å². The molecule has 0 heterocycles. The molecule has 0 rings (SSSR count). The molecule has 0 bridgehead atoms. The molecule has 0 fully saturated rings. The van der Waals surface area contributed by atoms with Gasteiger partial charge in [0.15, 0.2) is 0 Å². The fraction of sp³-hybridized carbons (Fsp3) is 0.846. The van der Waals surface area contributed by atoms with Crippen LogP contribution in [-0.4, -0.2) is 42.9 Å². The molecular formula is C13H27N3O2. The van der Waals surface area contributed by atoms with Crippen LogP contribution in [0.2, 0.25) is 0 Å². The second-order valence-electron chi connectivity index (χ2n) is 5.04. The van der Waals surface area contributed by atoms with E-state index in [1.807, 2.05) is 6.92 Å². The van der Waals surface area contributed by atoms with Gasteiger partial charge in [-0.1, -0.05) is 20.8 Å². The first kappa shape index (κ1) is 16.9. The molecule has 1 unspecified atom stereocenters. The topological polar surface area (TPSA) is 75.4 Å². The number of amides is 2. The third kappa shape index (κ3) is 7.27. The molecule has 0 aliphatic rings. The van der Waals surface area contributed by atoms with E-state index < -0.39 is 0 Å². The van der Waals surface area contributed by atoms with Crippen LogP contribution in [0.4, 0.5) is 0 Å². The summed E-state index contributed by atoms with van der Waals surface area (Å²) in [5, 5.41) is 2.61. The van der Waals surface area contributed by atoms with Crippen LogP contribution in [0.3, 0.4) is 0 Å². The molecule has 0 aromatic rings. The molecule has 106 valence electrons. The number of nitrogens with one attached hydrogen (secondary N) is 1. The van der Waals surface area contributed by atoms with E-state index in [1.165, 1.54) is 0 Å². The zero-order chi connectivity index (χ0) is 14.1. The van der Waals surface area contributed by atoms with Crippen molar-refractivity contribution in [3.05, 3.63) is 0 Å². The molecule has 0 saturated heterocycles. The lowest BCUT2D eigenvalue weighted by atomic mass is 10.0. The van der Waals surface area contributed by atoms with E-state index in [-0.39, 0.29) is 24.4 Å². The standard InChI is InChI=1S/C13H27N3O2/c1-5-6-12(17)15-9-13(18)16(4)8-7-11(14)10(2)3/h10-11H,5-9,14H2,1-4H3,(H,15,17). The Bertz CT molecular complexity index is 267. The Morgan fingerprint density at radius 3 is 2.44 bits per heavy atom. The highest BCUT2D eigenvalue weighted by Gasteiger charge is 2.13. The van der Waals surface area contributed by atoms with Gasteiger partial charge in [-0.25, -0.2) is 0 Å². The van der Waals surface area contributed by atoms with E-state index in [9.17, 15) is 9.59 Å². The first-order valence-electron chi connectivity index (χ1n) is 6.64. The first-order valence-corrected chi connectivity index (χ1v) is 6.64. The van der Waals surface area contributed by atoms with E-state index in [1.54, 1.807) is 11.9 Å². The van der Waals surface area contributed by atoms with E-state index in [4.69, 9.17) is 5.73 Å².